The smallest absolute Gasteiger partial charge is 0.306 e. The number of rotatable bonds is 4. The van der Waals surface area contributed by atoms with Crippen LogP contribution in [0.4, 0.5) is 0 Å². The highest BCUT2D eigenvalue weighted by Crippen LogP contribution is 2.44. The van der Waals surface area contributed by atoms with E-state index in [4.69, 9.17) is 4.52 Å². The zero-order chi connectivity index (χ0) is 12.1. The molecule has 2 nitrogen and oxygen atoms in total. The van der Waals surface area contributed by atoms with Crippen LogP contribution in [0.3, 0.4) is 0 Å². The van der Waals surface area contributed by atoms with Gasteiger partial charge in [0.15, 0.2) is 0 Å². The predicted octanol–water partition coefficient (Wildman–Crippen LogP) is 3.08. The fourth-order valence-electron chi connectivity index (χ4n) is 1.62. The fraction of sp³-hybridized carbons (Fsp3) is 0. The van der Waals surface area contributed by atoms with Crippen LogP contribution in [0.15, 0.2) is 73.5 Å². The van der Waals surface area contributed by atoms with Gasteiger partial charge in [0.1, 0.15) is 0 Å². The molecule has 2 aromatic rings. The molecule has 0 heterocycles. The summed E-state index contributed by atoms with van der Waals surface area (Å²) >= 11 is 0. The minimum Gasteiger partial charge on any atom is -0.445 e. The van der Waals surface area contributed by atoms with Gasteiger partial charge >= 0.3 is 7.37 Å². The van der Waals surface area contributed by atoms with E-state index < -0.39 is 7.37 Å². The van der Waals surface area contributed by atoms with Gasteiger partial charge in [0.05, 0.1) is 16.9 Å². The minimum atomic E-state index is -3.04. The van der Waals surface area contributed by atoms with E-state index in [1.54, 1.807) is 24.3 Å². The van der Waals surface area contributed by atoms with Crippen molar-refractivity contribution in [1.82, 2.24) is 0 Å². The maximum atomic E-state index is 12.9. The number of hydrogen-bond donors (Lipinski definition) is 0. The lowest BCUT2D eigenvalue weighted by Gasteiger charge is -2.17. The Kier molecular flexibility index (Phi) is 3.46. The summed E-state index contributed by atoms with van der Waals surface area (Å²) in [5.74, 6) is 0. The van der Waals surface area contributed by atoms with Crippen LogP contribution in [0.5, 0.6) is 0 Å². The topological polar surface area (TPSA) is 26.3 Å². The summed E-state index contributed by atoms with van der Waals surface area (Å²) in [6.07, 6.45) is 1.24. The SMILES string of the molecule is C=COP(=O)(c1ccccc1)c1ccccc1. The molecule has 0 aliphatic rings. The third-order valence-electron chi connectivity index (χ3n) is 2.42. The van der Waals surface area contributed by atoms with E-state index in [0.29, 0.717) is 10.6 Å². The molecule has 0 aromatic heterocycles. The second-order valence-corrected chi connectivity index (χ2v) is 5.84. The normalized spacial score (nSPS) is 10.8. The maximum Gasteiger partial charge on any atom is 0.306 e. The molecule has 0 radical (unpaired) electrons. The number of benzene rings is 2. The maximum absolute atomic E-state index is 12.9. The first-order chi connectivity index (χ1) is 8.27. The second kappa shape index (κ2) is 5.03. The van der Waals surface area contributed by atoms with E-state index in [0.717, 1.165) is 0 Å². The average molecular weight is 244 g/mol. The summed E-state index contributed by atoms with van der Waals surface area (Å²) in [7, 11) is -3.04. The van der Waals surface area contributed by atoms with Crippen LogP contribution in [0.1, 0.15) is 0 Å². The van der Waals surface area contributed by atoms with Crippen molar-refractivity contribution in [2.75, 3.05) is 0 Å². The Bertz CT molecular complexity index is 491. The molecule has 0 aliphatic heterocycles. The van der Waals surface area contributed by atoms with Crippen LogP contribution < -0.4 is 10.6 Å². The highest BCUT2D eigenvalue weighted by Gasteiger charge is 2.27. The van der Waals surface area contributed by atoms with Gasteiger partial charge in [0.2, 0.25) is 0 Å². The van der Waals surface area contributed by atoms with E-state index in [-0.39, 0.29) is 0 Å². The molecule has 86 valence electrons. The summed E-state index contributed by atoms with van der Waals surface area (Å²) < 4.78 is 18.2. The fourth-order valence-corrected chi connectivity index (χ4v) is 3.51. The minimum absolute atomic E-state index is 0.672. The van der Waals surface area contributed by atoms with E-state index in [9.17, 15) is 4.57 Å². The van der Waals surface area contributed by atoms with E-state index in [1.165, 1.54) is 6.26 Å². The van der Waals surface area contributed by atoms with Gasteiger partial charge in [0.25, 0.3) is 0 Å². The Morgan fingerprint density at radius 3 is 1.65 bits per heavy atom. The first-order valence-electron chi connectivity index (χ1n) is 5.28. The van der Waals surface area contributed by atoms with Crippen molar-refractivity contribution in [3.8, 4) is 0 Å². The third-order valence-corrected chi connectivity index (χ3v) is 4.82. The second-order valence-electron chi connectivity index (χ2n) is 3.49. The molecule has 2 aromatic carbocycles. The van der Waals surface area contributed by atoms with Crippen LogP contribution in [0.25, 0.3) is 0 Å². The highest BCUT2D eigenvalue weighted by atomic mass is 31.2. The molecule has 2 rings (SSSR count). The van der Waals surface area contributed by atoms with E-state index >= 15 is 0 Å². The van der Waals surface area contributed by atoms with Gasteiger partial charge in [0, 0.05) is 0 Å². The van der Waals surface area contributed by atoms with Gasteiger partial charge in [-0.15, -0.1) is 0 Å². The summed E-state index contributed by atoms with van der Waals surface area (Å²) in [6.45, 7) is 3.50. The molecular formula is C14H13O2P. The van der Waals surface area contributed by atoms with Gasteiger partial charge in [-0.2, -0.15) is 0 Å². The van der Waals surface area contributed by atoms with Gasteiger partial charge in [-0.05, 0) is 24.3 Å². The van der Waals surface area contributed by atoms with Gasteiger partial charge in [-0.3, -0.25) is 4.57 Å². The lowest BCUT2D eigenvalue weighted by atomic mass is 10.4. The van der Waals surface area contributed by atoms with E-state index in [2.05, 4.69) is 6.58 Å². The highest BCUT2D eigenvalue weighted by molar-refractivity contribution is 7.74. The first kappa shape index (κ1) is 11.7. The molecule has 17 heavy (non-hydrogen) atoms. The molecule has 0 aliphatic carbocycles. The Balaban J connectivity index is 2.55. The molecule has 0 unspecified atom stereocenters. The van der Waals surface area contributed by atoms with Gasteiger partial charge in [-0.1, -0.05) is 43.0 Å². The lowest BCUT2D eigenvalue weighted by Crippen LogP contribution is -2.16. The molecule has 0 amide bonds. The standard InChI is InChI=1S/C14H13O2P/c1-2-16-17(15,13-9-5-3-6-10-13)14-11-7-4-8-12-14/h2-12H,1H2. The lowest BCUT2D eigenvalue weighted by molar-refractivity contribution is 0.462. The van der Waals surface area contributed by atoms with Crippen LogP contribution in [0.2, 0.25) is 0 Å². The Morgan fingerprint density at radius 1 is 0.882 bits per heavy atom. The molecule has 0 saturated heterocycles. The van der Waals surface area contributed by atoms with Crippen LogP contribution >= 0.6 is 7.37 Å². The molecule has 0 atom stereocenters. The average Bonchev–Trinajstić information content (AvgIpc) is 2.41. The number of hydrogen-bond acceptors (Lipinski definition) is 2. The van der Waals surface area contributed by atoms with Crippen molar-refractivity contribution >= 4 is 18.0 Å². The Labute approximate surface area is 101 Å². The van der Waals surface area contributed by atoms with Gasteiger partial charge < -0.3 is 4.52 Å². The summed E-state index contributed by atoms with van der Waals surface area (Å²) in [6, 6.07) is 18.4. The molecule has 3 heteroatoms. The summed E-state index contributed by atoms with van der Waals surface area (Å²) in [5, 5.41) is 1.34. The summed E-state index contributed by atoms with van der Waals surface area (Å²) in [4.78, 5) is 0. The van der Waals surface area contributed by atoms with Crippen LogP contribution in [-0.4, -0.2) is 0 Å². The van der Waals surface area contributed by atoms with Crippen LogP contribution in [0, 0.1) is 0 Å². The van der Waals surface area contributed by atoms with Crippen molar-refractivity contribution in [2.24, 2.45) is 0 Å². The van der Waals surface area contributed by atoms with E-state index in [1.807, 2.05) is 36.4 Å². The third kappa shape index (κ3) is 2.32. The quantitative estimate of drug-likeness (QED) is 0.610. The monoisotopic (exact) mass is 244 g/mol. The molecule has 0 spiro atoms. The van der Waals surface area contributed by atoms with Crippen molar-refractivity contribution in [3.05, 3.63) is 73.5 Å². The van der Waals surface area contributed by atoms with Crippen LogP contribution in [-0.2, 0) is 9.09 Å². The van der Waals surface area contributed by atoms with Gasteiger partial charge in [-0.25, -0.2) is 0 Å². The van der Waals surface area contributed by atoms with Crippen molar-refractivity contribution in [3.63, 3.8) is 0 Å². The molecular weight excluding hydrogens is 231 g/mol. The molecule has 0 fully saturated rings. The molecule has 0 saturated carbocycles. The molecule has 0 N–H and O–H groups in total. The zero-order valence-electron chi connectivity index (χ0n) is 9.32. The predicted molar refractivity (Wildman–Crippen MR) is 71.0 cm³/mol. The Morgan fingerprint density at radius 2 is 1.29 bits per heavy atom. The van der Waals surface area contributed by atoms with Crippen molar-refractivity contribution in [1.29, 1.82) is 0 Å². The van der Waals surface area contributed by atoms with Crippen molar-refractivity contribution in [2.45, 2.75) is 0 Å². The molecule has 0 bridgehead atoms. The van der Waals surface area contributed by atoms with Crippen molar-refractivity contribution < 1.29 is 9.09 Å². The first-order valence-corrected chi connectivity index (χ1v) is 6.90. The largest absolute Gasteiger partial charge is 0.445 e. The zero-order valence-corrected chi connectivity index (χ0v) is 10.2. The summed E-state index contributed by atoms with van der Waals surface area (Å²) in [5.41, 5.74) is 0. The Hall–Kier alpha value is -1.79.